The monoisotopic (exact) mass is 221 g/mol. The standard InChI is InChI=1S/C10H20ClNO2/c1-4-10(2,3)9(13)12-6-8-14-7-5-11/h4-8H2,1-3H3,(H,12,13). The number of carbonyl (C=O) groups excluding carboxylic acids is 1. The summed E-state index contributed by atoms with van der Waals surface area (Å²) in [5, 5.41) is 2.83. The molecule has 0 radical (unpaired) electrons. The first-order valence-electron chi connectivity index (χ1n) is 4.96. The van der Waals surface area contributed by atoms with Crippen molar-refractivity contribution in [1.82, 2.24) is 5.32 Å². The number of hydrogen-bond acceptors (Lipinski definition) is 2. The third kappa shape index (κ3) is 5.45. The van der Waals surface area contributed by atoms with Crippen molar-refractivity contribution in [2.24, 2.45) is 5.41 Å². The second kappa shape index (κ2) is 7.07. The molecule has 0 saturated carbocycles. The van der Waals surface area contributed by atoms with Gasteiger partial charge in [-0.15, -0.1) is 11.6 Å². The zero-order valence-electron chi connectivity index (χ0n) is 9.23. The van der Waals surface area contributed by atoms with E-state index in [0.29, 0.717) is 25.6 Å². The first-order chi connectivity index (χ1) is 6.54. The average Bonchev–Trinajstić information content (AvgIpc) is 2.17. The van der Waals surface area contributed by atoms with Crippen LogP contribution in [0.1, 0.15) is 27.2 Å². The molecule has 0 spiro atoms. The summed E-state index contributed by atoms with van der Waals surface area (Å²) in [6, 6.07) is 0. The van der Waals surface area contributed by atoms with Gasteiger partial charge in [0.1, 0.15) is 0 Å². The number of hydrogen-bond donors (Lipinski definition) is 1. The van der Waals surface area contributed by atoms with Crippen molar-refractivity contribution in [2.75, 3.05) is 25.6 Å². The summed E-state index contributed by atoms with van der Waals surface area (Å²) in [5.41, 5.74) is -0.285. The van der Waals surface area contributed by atoms with E-state index in [-0.39, 0.29) is 11.3 Å². The highest BCUT2D eigenvalue weighted by molar-refractivity contribution is 6.17. The summed E-state index contributed by atoms with van der Waals surface area (Å²) in [7, 11) is 0. The first-order valence-corrected chi connectivity index (χ1v) is 5.50. The highest BCUT2D eigenvalue weighted by Crippen LogP contribution is 2.18. The summed E-state index contributed by atoms with van der Waals surface area (Å²) >= 11 is 5.43. The Bertz CT molecular complexity index is 172. The molecule has 0 rings (SSSR count). The zero-order valence-corrected chi connectivity index (χ0v) is 9.99. The van der Waals surface area contributed by atoms with Crippen molar-refractivity contribution >= 4 is 17.5 Å². The van der Waals surface area contributed by atoms with Crippen LogP contribution in [-0.2, 0) is 9.53 Å². The van der Waals surface area contributed by atoms with Gasteiger partial charge in [-0.1, -0.05) is 20.8 Å². The largest absolute Gasteiger partial charge is 0.378 e. The van der Waals surface area contributed by atoms with Crippen molar-refractivity contribution in [3.63, 3.8) is 0 Å². The number of ether oxygens (including phenoxy) is 1. The molecule has 0 fully saturated rings. The first kappa shape index (κ1) is 13.7. The van der Waals surface area contributed by atoms with E-state index in [4.69, 9.17) is 16.3 Å². The predicted molar refractivity (Wildman–Crippen MR) is 58.6 cm³/mol. The van der Waals surface area contributed by atoms with Gasteiger partial charge in [-0.2, -0.15) is 0 Å². The van der Waals surface area contributed by atoms with Crippen LogP contribution in [0.5, 0.6) is 0 Å². The Morgan fingerprint density at radius 3 is 2.57 bits per heavy atom. The van der Waals surface area contributed by atoms with Gasteiger partial charge in [0.2, 0.25) is 5.91 Å². The summed E-state index contributed by atoms with van der Waals surface area (Å²) < 4.78 is 5.13. The van der Waals surface area contributed by atoms with Crippen LogP contribution in [0.2, 0.25) is 0 Å². The molecule has 0 saturated heterocycles. The van der Waals surface area contributed by atoms with Gasteiger partial charge in [-0.3, -0.25) is 4.79 Å². The fraction of sp³-hybridized carbons (Fsp3) is 0.900. The molecule has 3 nitrogen and oxygen atoms in total. The summed E-state index contributed by atoms with van der Waals surface area (Å²) in [6.45, 7) is 7.49. The predicted octanol–water partition coefficient (Wildman–Crippen LogP) is 1.79. The van der Waals surface area contributed by atoms with E-state index in [9.17, 15) is 4.79 Å². The summed E-state index contributed by atoms with van der Waals surface area (Å²) in [5.74, 6) is 0.573. The van der Waals surface area contributed by atoms with Crippen molar-refractivity contribution < 1.29 is 9.53 Å². The Morgan fingerprint density at radius 2 is 2.07 bits per heavy atom. The smallest absolute Gasteiger partial charge is 0.225 e. The lowest BCUT2D eigenvalue weighted by atomic mass is 9.89. The van der Waals surface area contributed by atoms with Gasteiger partial charge in [0.05, 0.1) is 13.2 Å². The van der Waals surface area contributed by atoms with Crippen LogP contribution >= 0.6 is 11.6 Å². The van der Waals surface area contributed by atoms with E-state index in [1.807, 2.05) is 20.8 Å². The lowest BCUT2D eigenvalue weighted by molar-refractivity contribution is -0.129. The number of rotatable bonds is 7. The fourth-order valence-corrected chi connectivity index (χ4v) is 0.902. The van der Waals surface area contributed by atoms with Gasteiger partial charge < -0.3 is 10.1 Å². The fourth-order valence-electron chi connectivity index (χ4n) is 0.793. The lowest BCUT2D eigenvalue weighted by Gasteiger charge is -2.21. The van der Waals surface area contributed by atoms with Gasteiger partial charge in [-0.25, -0.2) is 0 Å². The van der Waals surface area contributed by atoms with Crippen molar-refractivity contribution in [2.45, 2.75) is 27.2 Å². The van der Waals surface area contributed by atoms with Crippen molar-refractivity contribution in [3.8, 4) is 0 Å². The molecule has 0 aliphatic carbocycles. The molecule has 0 aromatic rings. The number of halogens is 1. The maximum atomic E-state index is 11.5. The normalized spacial score (nSPS) is 11.4. The molecular weight excluding hydrogens is 202 g/mol. The van der Waals surface area contributed by atoms with Crippen molar-refractivity contribution in [3.05, 3.63) is 0 Å². The molecule has 0 aromatic heterocycles. The third-order valence-electron chi connectivity index (χ3n) is 2.25. The molecule has 1 N–H and O–H groups in total. The van der Waals surface area contributed by atoms with Gasteiger partial charge >= 0.3 is 0 Å². The van der Waals surface area contributed by atoms with Crippen LogP contribution in [0.25, 0.3) is 0 Å². The lowest BCUT2D eigenvalue weighted by Crippen LogP contribution is -2.38. The van der Waals surface area contributed by atoms with E-state index in [1.54, 1.807) is 0 Å². The molecule has 0 aliphatic rings. The number of nitrogens with one attached hydrogen (secondary N) is 1. The minimum absolute atomic E-state index is 0.0782. The molecule has 0 heterocycles. The Morgan fingerprint density at radius 1 is 1.43 bits per heavy atom. The van der Waals surface area contributed by atoms with E-state index in [0.717, 1.165) is 6.42 Å². The van der Waals surface area contributed by atoms with Crippen LogP contribution in [0.3, 0.4) is 0 Å². The number of amides is 1. The van der Waals surface area contributed by atoms with Crippen LogP contribution in [-0.4, -0.2) is 31.5 Å². The maximum Gasteiger partial charge on any atom is 0.225 e. The van der Waals surface area contributed by atoms with E-state index < -0.39 is 0 Å². The Kier molecular flexibility index (Phi) is 6.93. The van der Waals surface area contributed by atoms with Gasteiger partial charge in [0, 0.05) is 17.8 Å². The van der Waals surface area contributed by atoms with Crippen LogP contribution in [0.4, 0.5) is 0 Å². The molecule has 0 bridgehead atoms. The molecule has 14 heavy (non-hydrogen) atoms. The molecule has 0 unspecified atom stereocenters. The molecule has 84 valence electrons. The highest BCUT2D eigenvalue weighted by Gasteiger charge is 2.24. The Hall–Kier alpha value is -0.280. The van der Waals surface area contributed by atoms with Crippen molar-refractivity contribution in [1.29, 1.82) is 0 Å². The molecular formula is C10H20ClNO2. The zero-order chi connectivity index (χ0) is 11.0. The highest BCUT2D eigenvalue weighted by atomic mass is 35.5. The molecule has 0 aliphatic heterocycles. The topological polar surface area (TPSA) is 38.3 Å². The molecule has 0 atom stereocenters. The summed E-state index contributed by atoms with van der Waals surface area (Å²) in [6.07, 6.45) is 0.835. The maximum absolute atomic E-state index is 11.5. The summed E-state index contributed by atoms with van der Waals surface area (Å²) in [4.78, 5) is 11.5. The van der Waals surface area contributed by atoms with E-state index in [2.05, 4.69) is 5.32 Å². The van der Waals surface area contributed by atoms with Gasteiger partial charge in [-0.05, 0) is 6.42 Å². The number of alkyl halides is 1. The van der Waals surface area contributed by atoms with Crippen LogP contribution < -0.4 is 5.32 Å². The average molecular weight is 222 g/mol. The van der Waals surface area contributed by atoms with E-state index >= 15 is 0 Å². The van der Waals surface area contributed by atoms with Gasteiger partial charge in [0.25, 0.3) is 0 Å². The molecule has 1 amide bonds. The SMILES string of the molecule is CCC(C)(C)C(=O)NCCOCCCl. The minimum Gasteiger partial charge on any atom is -0.378 e. The second-order valence-electron chi connectivity index (χ2n) is 3.79. The Balaban J connectivity index is 3.54. The van der Waals surface area contributed by atoms with Crippen LogP contribution in [0.15, 0.2) is 0 Å². The second-order valence-corrected chi connectivity index (χ2v) is 4.17. The van der Waals surface area contributed by atoms with Gasteiger partial charge in [0.15, 0.2) is 0 Å². The molecule has 0 aromatic carbocycles. The minimum atomic E-state index is -0.285. The molecule has 4 heteroatoms. The van der Waals surface area contributed by atoms with E-state index in [1.165, 1.54) is 0 Å². The third-order valence-corrected chi connectivity index (χ3v) is 2.41. The number of carbonyl (C=O) groups is 1. The Labute approximate surface area is 91.2 Å². The van der Waals surface area contributed by atoms with Crippen LogP contribution in [0, 0.1) is 5.41 Å². The quantitative estimate of drug-likeness (QED) is 0.526.